The van der Waals surface area contributed by atoms with Gasteiger partial charge in [0.25, 0.3) is 0 Å². The quantitative estimate of drug-likeness (QED) is 0.415. The topological polar surface area (TPSA) is 35.2 Å². The smallest absolute Gasteiger partial charge is 0.0936 e. The molecule has 0 amide bonds. The van der Waals surface area contributed by atoms with Crippen LogP contribution >= 0.6 is 0 Å². The minimum absolute atomic E-state index is 0.319. The molecule has 0 saturated heterocycles. The second-order valence-corrected chi connectivity index (χ2v) is 1.64. The van der Waals surface area contributed by atoms with E-state index in [1.807, 2.05) is 32.1 Å². The van der Waals surface area contributed by atoms with Crippen LogP contribution in [-0.2, 0) is 4.74 Å². The van der Waals surface area contributed by atoms with Crippen LogP contribution in [0.2, 0.25) is 0 Å². The third-order valence-corrected chi connectivity index (χ3v) is 0.742. The first-order valence-electron chi connectivity index (χ1n) is 4.40. The molecule has 0 aliphatic heterocycles. The molecule has 2 nitrogen and oxygen atoms in total. The van der Waals surface area contributed by atoms with Gasteiger partial charge in [-0.15, -0.1) is 6.58 Å². The van der Waals surface area contributed by atoms with Crippen molar-refractivity contribution in [3.8, 4) is 0 Å². The van der Waals surface area contributed by atoms with Crippen LogP contribution in [0.15, 0.2) is 37.5 Å². The van der Waals surface area contributed by atoms with E-state index in [2.05, 4.69) is 17.9 Å². The van der Waals surface area contributed by atoms with E-state index in [-0.39, 0.29) is 0 Å². The molecule has 2 N–H and O–H groups in total. The first-order valence-corrected chi connectivity index (χ1v) is 4.40. The van der Waals surface area contributed by atoms with Gasteiger partial charge in [0.2, 0.25) is 0 Å². The Morgan fingerprint density at radius 3 is 2.00 bits per heavy atom. The molecule has 0 aliphatic rings. The van der Waals surface area contributed by atoms with Gasteiger partial charge in [-0.25, -0.2) is 0 Å². The molecule has 2 heteroatoms. The van der Waals surface area contributed by atoms with Gasteiger partial charge in [0, 0.05) is 7.11 Å². The zero-order valence-electron chi connectivity index (χ0n) is 9.12. The minimum Gasteiger partial charge on any atom is -0.370 e. The third kappa shape index (κ3) is 54.3. The van der Waals surface area contributed by atoms with E-state index >= 15 is 0 Å². The molecule has 0 unspecified atom stereocenters. The SMILES string of the molecule is C=C/C=C\CC=C.CC.COCN. The summed E-state index contributed by atoms with van der Waals surface area (Å²) in [5.41, 5.74) is 4.81. The molecule has 0 aromatic rings. The Morgan fingerprint density at radius 1 is 1.31 bits per heavy atom. The fourth-order valence-electron chi connectivity index (χ4n) is 0.271. The molecule has 0 heterocycles. The molecule has 0 atom stereocenters. The van der Waals surface area contributed by atoms with Gasteiger partial charge in [-0.2, -0.15) is 0 Å². The monoisotopic (exact) mass is 185 g/mol. The second kappa shape index (κ2) is 30.4. The third-order valence-electron chi connectivity index (χ3n) is 0.742. The van der Waals surface area contributed by atoms with Crippen molar-refractivity contribution in [3.63, 3.8) is 0 Å². The molecule has 0 spiro atoms. The largest absolute Gasteiger partial charge is 0.370 e. The number of ether oxygens (including phenoxy) is 1. The fourth-order valence-corrected chi connectivity index (χ4v) is 0.271. The second-order valence-electron chi connectivity index (χ2n) is 1.64. The normalized spacial score (nSPS) is 7.69. The zero-order valence-corrected chi connectivity index (χ0v) is 9.12. The highest BCUT2D eigenvalue weighted by Crippen LogP contribution is 1.81. The van der Waals surface area contributed by atoms with Crippen molar-refractivity contribution in [2.75, 3.05) is 13.8 Å². The summed E-state index contributed by atoms with van der Waals surface area (Å²) in [6.45, 7) is 11.4. The van der Waals surface area contributed by atoms with Crippen molar-refractivity contribution in [2.24, 2.45) is 5.73 Å². The maximum Gasteiger partial charge on any atom is 0.0936 e. The Hall–Kier alpha value is -0.860. The van der Waals surface area contributed by atoms with E-state index in [0.29, 0.717) is 6.73 Å². The van der Waals surface area contributed by atoms with Crippen LogP contribution in [0, 0.1) is 0 Å². The number of rotatable bonds is 4. The van der Waals surface area contributed by atoms with Crippen LogP contribution in [0.1, 0.15) is 20.3 Å². The van der Waals surface area contributed by atoms with Gasteiger partial charge in [-0.1, -0.05) is 44.7 Å². The highest BCUT2D eigenvalue weighted by atomic mass is 16.5. The highest BCUT2D eigenvalue weighted by molar-refractivity contribution is 4.99. The van der Waals surface area contributed by atoms with Gasteiger partial charge < -0.3 is 10.5 Å². The van der Waals surface area contributed by atoms with E-state index in [0.717, 1.165) is 6.42 Å². The molecule has 0 aromatic carbocycles. The Balaban J connectivity index is -0.000000142. The summed E-state index contributed by atoms with van der Waals surface area (Å²) >= 11 is 0. The predicted octanol–water partition coefficient (Wildman–Crippen LogP) is 2.88. The summed E-state index contributed by atoms with van der Waals surface area (Å²) in [6.07, 6.45) is 8.44. The van der Waals surface area contributed by atoms with Crippen molar-refractivity contribution in [2.45, 2.75) is 20.3 Å². The van der Waals surface area contributed by atoms with E-state index in [9.17, 15) is 0 Å². The van der Waals surface area contributed by atoms with E-state index in [1.54, 1.807) is 13.2 Å². The van der Waals surface area contributed by atoms with Crippen LogP contribution in [0.3, 0.4) is 0 Å². The summed E-state index contributed by atoms with van der Waals surface area (Å²) in [5.74, 6) is 0. The lowest BCUT2D eigenvalue weighted by molar-refractivity contribution is 0.207. The van der Waals surface area contributed by atoms with Crippen LogP contribution in [-0.4, -0.2) is 13.8 Å². The summed E-state index contributed by atoms with van der Waals surface area (Å²) in [5, 5.41) is 0. The van der Waals surface area contributed by atoms with Gasteiger partial charge in [0.15, 0.2) is 0 Å². The molecule has 0 aliphatic carbocycles. The van der Waals surface area contributed by atoms with Gasteiger partial charge in [-0.05, 0) is 6.42 Å². The van der Waals surface area contributed by atoms with E-state index in [1.165, 1.54) is 0 Å². The Labute approximate surface area is 82.8 Å². The summed E-state index contributed by atoms with van der Waals surface area (Å²) < 4.78 is 4.32. The number of methoxy groups -OCH3 is 1. The number of hydrogen-bond donors (Lipinski definition) is 1. The lowest BCUT2D eigenvalue weighted by atomic mass is 10.4. The number of hydrogen-bond acceptors (Lipinski definition) is 2. The minimum atomic E-state index is 0.319. The van der Waals surface area contributed by atoms with Gasteiger partial charge in [0.1, 0.15) is 0 Å². The zero-order chi connectivity index (χ0) is 10.9. The Morgan fingerprint density at radius 2 is 1.77 bits per heavy atom. The molecule has 0 aromatic heterocycles. The molecule has 78 valence electrons. The van der Waals surface area contributed by atoms with Crippen molar-refractivity contribution >= 4 is 0 Å². The van der Waals surface area contributed by atoms with Crippen LogP contribution < -0.4 is 5.73 Å². The average molecular weight is 185 g/mol. The molecule has 13 heavy (non-hydrogen) atoms. The van der Waals surface area contributed by atoms with Crippen molar-refractivity contribution in [3.05, 3.63) is 37.5 Å². The van der Waals surface area contributed by atoms with Crippen molar-refractivity contribution < 1.29 is 4.74 Å². The lowest BCUT2D eigenvalue weighted by Gasteiger charge is -1.77. The summed E-state index contributed by atoms with van der Waals surface area (Å²) in [4.78, 5) is 0. The van der Waals surface area contributed by atoms with Gasteiger partial charge in [0.05, 0.1) is 6.73 Å². The number of allylic oxidation sites excluding steroid dienone is 4. The average Bonchev–Trinajstić information content (AvgIpc) is 2.22. The molecular weight excluding hydrogens is 162 g/mol. The number of nitrogens with two attached hydrogens (primary N) is 1. The fraction of sp³-hybridized carbons (Fsp3) is 0.455. The first-order chi connectivity index (χ1) is 6.33. The van der Waals surface area contributed by atoms with Crippen LogP contribution in [0.5, 0.6) is 0 Å². The van der Waals surface area contributed by atoms with Gasteiger partial charge in [-0.3, -0.25) is 0 Å². The van der Waals surface area contributed by atoms with Crippen molar-refractivity contribution in [1.82, 2.24) is 0 Å². The van der Waals surface area contributed by atoms with Crippen LogP contribution in [0.4, 0.5) is 0 Å². The summed E-state index contributed by atoms with van der Waals surface area (Å²) in [7, 11) is 1.56. The van der Waals surface area contributed by atoms with Gasteiger partial charge >= 0.3 is 0 Å². The predicted molar refractivity (Wildman–Crippen MR) is 61.6 cm³/mol. The molecule has 0 bridgehead atoms. The summed E-state index contributed by atoms with van der Waals surface area (Å²) in [6, 6.07) is 0. The van der Waals surface area contributed by atoms with E-state index in [4.69, 9.17) is 5.73 Å². The molecule has 0 radical (unpaired) electrons. The Kier molecular flexibility index (Phi) is 42.1. The standard InChI is InChI=1S/C7H10.C2H7NO.C2H6/c1-3-5-7-6-4-2;1-4-2-3;1-2/h3-5,7H,1-2,6H2;2-3H2,1H3;1-2H3/b7-5-;;. The maximum atomic E-state index is 4.81. The van der Waals surface area contributed by atoms with Crippen LogP contribution in [0.25, 0.3) is 0 Å². The van der Waals surface area contributed by atoms with Crippen molar-refractivity contribution in [1.29, 1.82) is 0 Å². The molecule has 0 fully saturated rings. The lowest BCUT2D eigenvalue weighted by Crippen LogP contribution is -1.98. The molecular formula is C11H23NO. The van der Waals surface area contributed by atoms with E-state index < -0.39 is 0 Å². The first kappa shape index (κ1) is 18.0. The highest BCUT2D eigenvalue weighted by Gasteiger charge is 1.59. The molecule has 0 rings (SSSR count). The molecule has 0 saturated carbocycles. The Bertz CT molecular complexity index is 107. The maximum absolute atomic E-state index is 4.81.